The van der Waals surface area contributed by atoms with Gasteiger partial charge < -0.3 is 0 Å². The lowest BCUT2D eigenvalue weighted by Gasteiger charge is -2.06. The van der Waals surface area contributed by atoms with E-state index in [1.807, 2.05) is 0 Å². The summed E-state index contributed by atoms with van der Waals surface area (Å²) in [4.78, 5) is 0. The topological polar surface area (TPSA) is 34.1 Å². The molecule has 5 heteroatoms. The van der Waals surface area contributed by atoms with Crippen LogP contribution in [0.15, 0.2) is 0 Å². The molecule has 0 N–H and O–H groups in total. The maximum Gasteiger partial charge on any atom is 0.253 e. The molecule has 1 aliphatic rings. The summed E-state index contributed by atoms with van der Waals surface area (Å²) in [5.74, 6) is 1.55. The lowest BCUT2D eigenvalue weighted by molar-refractivity contribution is 0.623. The molecule has 0 radical (unpaired) electrons. The maximum absolute atomic E-state index is 10.6. The minimum atomic E-state index is -2.75. The minimum absolute atomic E-state index is 0.773. The Morgan fingerprint density at radius 3 is 1.88 bits per heavy atom. The summed E-state index contributed by atoms with van der Waals surface area (Å²) in [7, 11) is -0.638. The molecular formula is C3H6O2S3. The number of hydrogen-bond donors (Lipinski definition) is 0. The Labute approximate surface area is 56.1 Å². The molecule has 0 spiro atoms. The predicted molar refractivity (Wildman–Crippen MR) is 38.5 cm³/mol. The average molecular weight is 170 g/mol. The van der Waals surface area contributed by atoms with Crippen molar-refractivity contribution in [1.29, 1.82) is 0 Å². The molecule has 0 saturated carbocycles. The Hall–Kier alpha value is 0.650. The maximum atomic E-state index is 10.6. The van der Waals surface area contributed by atoms with Crippen molar-refractivity contribution in [1.82, 2.24) is 0 Å². The molecule has 1 aliphatic heterocycles. The Bertz CT molecular complexity index is 147. The van der Waals surface area contributed by atoms with Crippen molar-refractivity contribution in [2.24, 2.45) is 0 Å². The molecule has 0 aromatic rings. The van der Waals surface area contributed by atoms with E-state index < -0.39 is 7.90 Å². The zero-order chi connectivity index (χ0) is 6.04. The van der Waals surface area contributed by atoms with Gasteiger partial charge in [-0.2, -0.15) is 0 Å². The minimum Gasteiger partial charge on any atom is -0.206 e. The van der Waals surface area contributed by atoms with Crippen molar-refractivity contribution in [3.63, 3.8) is 0 Å². The summed E-state index contributed by atoms with van der Waals surface area (Å²) in [6, 6.07) is 0. The first-order valence-corrected chi connectivity index (χ1v) is 6.73. The fourth-order valence-electron chi connectivity index (χ4n) is 0.415. The van der Waals surface area contributed by atoms with Crippen LogP contribution in [0.4, 0.5) is 0 Å². The second-order valence-electron chi connectivity index (χ2n) is 1.41. The SMILES string of the molecule is O=S1(=O)SCCCS1. The molecular weight excluding hydrogens is 164 g/mol. The third kappa shape index (κ3) is 1.87. The molecule has 0 atom stereocenters. The fourth-order valence-corrected chi connectivity index (χ4v) is 5.57. The molecule has 1 rings (SSSR count). The van der Waals surface area contributed by atoms with Crippen molar-refractivity contribution in [3.05, 3.63) is 0 Å². The van der Waals surface area contributed by atoms with Crippen LogP contribution in [0.5, 0.6) is 0 Å². The summed E-state index contributed by atoms with van der Waals surface area (Å²) in [5, 5.41) is 0. The summed E-state index contributed by atoms with van der Waals surface area (Å²) in [5.41, 5.74) is 0. The van der Waals surface area contributed by atoms with Gasteiger partial charge in [-0.15, -0.1) is 0 Å². The molecule has 1 fully saturated rings. The molecule has 0 aliphatic carbocycles. The van der Waals surface area contributed by atoms with Crippen LogP contribution < -0.4 is 0 Å². The standard InChI is InChI=1S/C3H6O2S3/c4-8(5)6-2-1-3-7-8/h1-3H2. The van der Waals surface area contributed by atoms with E-state index in [1.165, 1.54) is 0 Å². The van der Waals surface area contributed by atoms with Gasteiger partial charge >= 0.3 is 0 Å². The molecule has 1 heterocycles. The van der Waals surface area contributed by atoms with Gasteiger partial charge in [0, 0.05) is 11.5 Å². The van der Waals surface area contributed by atoms with Gasteiger partial charge in [-0.3, -0.25) is 0 Å². The molecule has 0 aromatic heterocycles. The van der Waals surface area contributed by atoms with Gasteiger partial charge in [0.05, 0.1) is 0 Å². The van der Waals surface area contributed by atoms with E-state index in [4.69, 9.17) is 0 Å². The second-order valence-corrected chi connectivity index (χ2v) is 8.19. The smallest absolute Gasteiger partial charge is 0.206 e. The van der Waals surface area contributed by atoms with E-state index in [1.54, 1.807) is 0 Å². The van der Waals surface area contributed by atoms with E-state index in [2.05, 4.69) is 0 Å². The Morgan fingerprint density at radius 1 is 1.12 bits per heavy atom. The van der Waals surface area contributed by atoms with Crippen molar-refractivity contribution < 1.29 is 8.42 Å². The van der Waals surface area contributed by atoms with Gasteiger partial charge in [0.15, 0.2) is 0 Å². The van der Waals surface area contributed by atoms with Gasteiger partial charge in [-0.1, -0.05) is 0 Å². The van der Waals surface area contributed by atoms with Crippen LogP contribution in [-0.4, -0.2) is 19.9 Å². The van der Waals surface area contributed by atoms with Crippen LogP contribution in [0.1, 0.15) is 6.42 Å². The first-order chi connectivity index (χ1) is 3.71. The first kappa shape index (κ1) is 6.77. The van der Waals surface area contributed by atoms with Crippen LogP contribution in [0.2, 0.25) is 0 Å². The molecule has 48 valence electrons. The van der Waals surface area contributed by atoms with Crippen LogP contribution >= 0.6 is 21.6 Å². The van der Waals surface area contributed by atoms with Gasteiger partial charge in [0.1, 0.15) is 0 Å². The molecule has 2 nitrogen and oxygen atoms in total. The molecule has 1 saturated heterocycles. The fraction of sp³-hybridized carbons (Fsp3) is 1.00. The van der Waals surface area contributed by atoms with E-state index in [-0.39, 0.29) is 0 Å². The quantitative estimate of drug-likeness (QED) is 0.510. The van der Waals surface area contributed by atoms with Crippen molar-refractivity contribution in [3.8, 4) is 0 Å². The first-order valence-electron chi connectivity index (χ1n) is 2.24. The summed E-state index contributed by atoms with van der Waals surface area (Å²) >= 11 is 0. The largest absolute Gasteiger partial charge is 0.253 e. The highest BCUT2D eigenvalue weighted by Crippen LogP contribution is 2.31. The lowest BCUT2D eigenvalue weighted by Crippen LogP contribution is -1.99. The molecule has 0 unspecified atom stereocenters. The molecule has 8 heavy (non-hydrogen) atoms. The van der Waals surface area contributed by atoms with E-state index >= 15 is 0 Å². The highest BCUT2D eigenvalue weighted by molar-refractivity contribution is 9.04. The van der Waals surface area contributed by atoms with Crippen LogP contribution in [-0.2, 0) is 7.90 Å². The zero-order valence-corrected chi connectivity index (χ0v) is 6.61. The lowest BCUT2D eigenvalue weighted by atomic mass is 10.6. The van der Waals surface area contributed by atoms with E-state index in [0.717, 1.165) is 39.5 Å². The number of hydrogen-bond acceptors (Lipinski definition) is 4. The zero-order valence-electron chi connectivity index (χ0n) is 4.16. The Kier molecular flexibility index (Phi) is 2.11. The van der Waals surface area contributed by atoms with Crippen molar-refractivity contribution in [2.45, 2.75) is 6.42 Å². The second kappa shape index (κ2) is 2.49. The summed E-state index contributed by atoms with van der Waals surface area (Å²) < 4.78 is 21.2. The molecule has 0 amide bonds. The highest BCUT2D eigenvalue weighted by atomic mass is 33.5. The highest BCUT2D eigenvalue weighted by Gasteiger charge is 2.16. The average Bonchev–Trinajstić information content (AvgIpc) is 1.65. The molecule has 0 aromatic carbocycles. The van der Waals surface area contributed by atoms with Crippen molar-refractivity contribution >= 4 is 29.5 Å². The van der Waals surface area contributed by atoms with Crippen molar-refractivity contribution in [2.75, 3.05) is 11.5 Å². The number of rotatable bonds is 0. The monoisotopic (exact) mass is 170 g/mol. The third-order valence-corrected chi connectivity index (χ3v) is 6.70. The van der Waals surface area contributed by atoms with Gasteiger partial charge in [0.25, 0.3) is 7.90 Å². The predicted octanol–water partition coefficient (Wildman–Crippen LogP) is 1.10. The Balaban J connectivity index is 2.58. The van der Waals surface area contributed by atoms with Crippen LogP contribution in [0.25, 0.3) is 0 Å². The Morgan fingerprint density at radius 2 is 1.62 bits per heavy atom. The van der Waals surface area contributed by atoms with Gasteiger partial charge in [0.2, 0.25) is 0 Å². The normalized spacial score (nSPS) is 27.5. The third-order valence-electron chi connectivity index (χ3n) is 0.744. The van der Waals surface area contributed by atoms with Gasteiger partial charge in [-0.05, 0) is 28.0 Å². The summed E-state index contributed by atoms with van der Waals surface area (Å²) in [6.07, 6.45) is 1.02. The van der Waals surface area contributed by atoms with E-state index in [9.17, 15) is 8.42 Å². The summed E-state index contributed by atoms with van der Waals surface area (Å²) in [6.45, 7) is 0. The van der Waals surface area contributed by atoms with Crippen LogP contribution in [0, 0.1) is 0 Å². The molecule has 0 bridgehead atoms. The van der Waals surface area contributed by atoms with E-state index in [0.29, 0.717) is 0 Å². The van der Waals surface area contributed by atoms with Crippen LogP contribution in [0.3, 0.4) is 0 Å². The van der Waals surface area contributed by atoms with Gasteiger partial charge in [-0.25, -0.2) is 8.42 Å².